The molecule has 10 heteroatoms. The molecule has 0 saturated heterocycles. The number of urea groups is 1. The van der Waals surface area contributed by atoms with Crippen molar-refractivity contribution in [1.82, 2.24) is 40.6 Å². The molecule has 3 aromatic rings. The SMILES string of the molecule is CCCc1noc(CN(C)C(=O)NCc2nnnn2-c2ccccc2)n1. The molecule has 26 heavy (non-hydrogen) atoms. The van der Waals surface area contributed by atoms with E-state index in [1.807, 2.05) is 37.3 Å². The molecule has 0 fully saturated rings. The Labute approximate surface area is 150 Å². The summed E-state index contributed by atoms with van der Waals surface area (Å²) < 4.78 is 6.72. The summed E-state index contributed by atoms with van der Waals surface area (Å²) in [5, 5.41) is 18.2. The first-order valence-corrected chi connectivity index (χ1v) is 8.30. The maximum Gasteiger partial charge on any atom is 0.317 e. The Morgan fingerprint density at radius 1 is 1.31 bits per heavy atom. The highest BCUT2D eigenvalue weighted by Crippen LogP contribution is 2.07. The highest BCUT2D eigenvalue weighted by atomic mass is 16.5. The van der Waals surface area contributed by atoms with Gasteiger partial charge in [-0.05, 0) is 29.0 Å². The number of carbonyl (C=O) groups excluding carboxylic acids is 1. The number of nitrogens with zero attached hydrogens (tertiary/aromatic N) is 7. The van der Waals surface area contributed by atoms with E-state index in [4.69, 9.17) is 4.52 Å². The van der Waals surface area contributed by atoms with Crippen LogP contribution in [0.1, 0.15) is 30.9 Å². The molecular formula is C16H20N8O2. The normalized spacial score (nSPS) is 10.7. The quantitative estimate of drug-likeness (QED) is 0.679. The van der Waals surface area contributed by atoms with Gasteiger partial charge in [0.1, 0.15) is 6.54 Å². The maximum atomic E-state index is 12.3. The lowest BCUT2D eigenvalue weighted by atomic mass is 10.3. The topological polar surface area (TPSA) is 115 Å². The third kappa shape index (κ3) is 4.21. The molecule has 2 amide bonds. The summed E-state index contributed by atoms with van der Waals surface area (Å²) in [7, 11) is 1.65. The number of carbonyl (C=O) groups is 1. The minimum atomic E-state index is -0.289. The first-order chi connectivity index (χ1) is 12.7. The maximum absolute atomic E-state index is 12.3. The molecule has 2 aromatic heterocycles. The van der Waals surface area contributed by atoms with Crippen molar-refractivity contribution in [2.45, 2.75) is 32.9 Å². The summed E-state index contributed by atoms with van der Waals surface area (Å²) in [4.78, 5) is 18.0. The average Bonchev–Trinajstić information content (AvgIpc) is 3.30. The standard InChI is InChI=1S/C16H20N8O2/c1-3-7-13-18-15(26-20-13)11-23(2)16(25)17-10-14-19-21-22-24(14)12-8-5-4-6-9-12/h4-6,8-9H,3,7,10-11H2,1-2H3,(H,17,25). The number of nitrogens with one attached hydrogen (secondary N) is 1. The molecule has 3 rings (SSSR count). The van der Waals surface area contributed by atoms with Crippen molar-refractivity contribution in [3.63, 3.8) is 0 Å². The molecule has 0 radical (unpaired) electrons. The van der Waals surface area contributed by atoms with E-state index in [2.05, 4.69) is 31.0 Å². The lowest BCUT2D eigenvalue weighted by molar-refractivity contribution is 0.199. The van der Waals surface area contributed by atoms with E-state index < -0.39 is 0 Å². The summed E-state index contributed by atoms with van der Waals surface area (Å²) in [5.41, 5.74) is 0.824. The van der Waals surface area contributed by atoms with E-state index in [-0.39, 0.29) is 19.1 Å². The van der Waals surface area contributed by atoms with Gasteiger partial charge in [-0.15, -0.1) is 5.10 Å². The fraction of sp³-hybridized carbons (Fsp3) is 0.375. The summed E-state index contributed by atoms with van der Waals surface area (Å²) >= 11 is 0. The second-order valence-electron chi connectivity index (χ2n) is 5.71. The number of benzene rings is 1. The smallest absolute Gasteiger partial charge is 0.317 e. The van der Waals surface area contributed by atoms with Gasteiger partial charge in [0.15, 0.2) is 11.6 Å². The van der Waals surface area contributed by atoms with Gasteiger partial charge in [-0.1, -0.05) is 30.3 Å². The monoisotopic (exact) mass is 356 g/mol. The molecule has 1 aromatic carbocycles. The van der Waals surface area contributed by atoms with E-state index in [0.29, 0.717) is 17.5 Å². The Morgan fingerprint density at radius 2 is 2.12 bits per heavy atom. The van der Waals surface area contributed by atoms with E-state index in [1.165, 1.54) is 4.90 Å². The van der Waals surface area contributed by atoms with E-state index >= 15 is 0 Å². The van der Waals surface area contributed by atoms with E-state index in [0.717, 1.165) is 18.5 Å². The predicted octanol–water partition coefficient (Wildman–Crippen LogP) is 1.34. The average molecular weight is 356 g/mol. The summed E-state index contributed by atoms with van der Waals surface area (Å²) in [5.74, 6) is 1.58. The van der Waals surface area contributed by atoms with Crippen LogP contribution in [0.3, 0.4) is 0 Å². The minimum Gasteiger partial charge on any atom is -0.337 e. The number of aryl methyl sites for hydroxylation is 1. The molecule has 10 nitrogen and oxygen atoms in total. The minimum absolute atomic E-state index is 0.190. The largest absolute Gasteiger partial charge is 0.337 e. The van der Waals surface area contributed by atoms with Crippen molar-refractivity contribution in [2.24, 2.45) is 0 Å². The zero-order valence-electron chi connectivity index (χ0n) is 14.7. The van der Waals surface area contributed by atoms with Gasteiger partial charge in [0.05, 0.1) is 12.2 Å². The molecule has 0 aliphatic carbocycles. The van der Waals surface area contributed by atoms with Crippen molar-refractivity contribution in [3.05, 3.63) is 47.9 Å². The van der Waals surface area contributed by atoms with Gasteiger partial charge in [0.25, 0.3) is 0 Å². The molecule has 0 saturated carbocycles. The molecule has 0 aliphatic rings. The molecule has 0 atom stereocenters. The van der Waals surface area contributed by atoms with Crippen LogP contribution < -0.4 is 5.32 Å². The van der Waals surface area contributed by atoms with E-state index in [1.54, 1.807) is 11.7 Å². The molecule has 0 aliphatic heterocycles. The molecule has 0 spiro atoms. The van der Waals surface area contributed by atoms with Crippen LogP contribution in [-0.4, -0.2) is 48.3 Å². The van der Waals surface area contributed by atoms with Gasteiger partial charge in [-0.25, -0.2) is 4.79 Å². The Hall–Kier alpha value is -3.30. The lowest BCUT2D eigenvalue weighted by Gasteiger charge is -2.15. The predicted molar refractivity (Wildman–Crippen MR) is 91.1 cm³/mol. The molecule has 0 bridgehead atoms. The third-order valence-corrected chi connectivity index (χ3v) is 3.64. The van der Waals surface area contributed by atoms with Crippen LogP contribution in [0, 0.1) is 0 Å². The Balaban J connectivity index is 1.56. The number of para-hydroxylation sites is 1. The number of tetrazole rings is 1. The van der Waals surface area contributed by atoms with Crippen LogP contribution in [0.4, 0.5) is 4.79 Å². The highest BCUT2D eigenvalue weighted by Gasteiger charge is 2.15. The number of rotatable bonds is 7. The first kappa shape index (κ1) is 17.5. The summed E-state index contributed by atoms with van der Waals surface area (Å²) in [6.45, 7) is 2.46. The van der Waals surface area contributed by atoms with Crippen LogP contribution in [-0.2, 0) is 19.5 Å². The zero-order valence-corrected chi connectivity index (χ0v) is 14.7. The van der Waals surface area contributed by atoms with Crippen molar-refractivity contribution in [1.29, 1.82) is 0 Å². The molecule has 1 N–H and O–H groups in total. The highest BCUT2D eigenvalue weighted by molar-refractivity contribution is 5.73. The summed E-state index contributed by atoms with van der Waals surface area (Å²) in [6, 6.07) is 9.18. The van der Waals surface area contributed by atoms with Crippen molar-refractivity contribution in [3.8, 4) is 5.69 Å². The van der Waals surface area contributed by atoms with Gasteiger partial charge in [0.2, 0.25) is 5.89 Å². The number of amides is 2. The Bertz CT molecular complexity index is 845. The zero-order chi connectivity index (χ0) is 18.4. The van der Waals surface area contributed by atoms with Gasteiger partial charge in [0, 0.05) is 13.5 Å². The number of hydrogen-bond donors (Lipinski definition) is 1. The lowest BCUT2D eigenvalue weighted by Crippen LogP contribution is -2.37. The Kier molecular flexibility index (Phi) is 5.52. The fourth-order valence-electron chi connectivity index (χ4n) is 2.33. The van der Waals surface area contributed by atoms with Crippen LogP contribution in [0.2, 0.25) is 0 Å². The van der Waals surface area contributed by atoms with Crippen molar-refractivity contribution >= 4 is 6.03 Å². The van der Waals surface area contributed by atoms with Gasteiger partial charge in [-0.3, -0.25) is 0 Å². The van der Waals surface area contributed by atoms with Gasteiger partial charge >= 0.3 is 6.03 Å². The fourth-order valence-corrected chi connectivity index (χ4v) is 2.33. The number of aromatic nitrogens is 6. The van der Waals surface area contributed by atoms with E-state index in [9.17, 15) is 4.79 Å². The molecule has 0 unspecified atom stereocenters. The second kappa shape index (κ2) is 8.19. The van der Waals surface area contributed by atoms with Crippen LogP contribution in [0.5, 0.6) is 0 Å². The third-order valence-electron chi connectivity index (χ3n) is 3.64. The molecule has 136 valence electrons. The summed E-state index contributed by atoms with van der Waals surface area (Å²) in [6.07, 6.45) is 1.69. The van der Waals surface area contributed by atoms with Gasteiger partial charge in [-0.2, -0.15) is 9.67 Å². The van der Waals surface area contributed by atoms with Gasteiger partial charge < -0.3 is 14.7 Å². The number of hydrogen-bond acceptors (Lipinski definition) is 7. The second-order valence-corrected chi connectivity index (χ2v) is 5.71. The van der Waals surface area contributed by atoms with Crippen LogP contribution in [0.25, 0.3) is 5.69 Å². The molecule has 2 heterocycles. The Morgan fingerprint density at radius 3 is 2.88 bits per heavy atom. The van der Waals surface area contributed by atoms with Crippen LogP contribution >= 0.6 is 0 Å². The van der Waals surface area contributed by atoms with Crippen molar-refractivity contribution in [2.75, 3.05) is 7.05 Å². The van der Waals surface area contributed by atoms with Crippen LogP contribution in [0.15, 0.2) is 34.9 Å². The first-order valence-electron chi connectivity index (χ1n) is 8.30. The molecular weight excluding hydrogens is 336 g/mol. The van der Waals surface area contributed by atoms with Crippen molar-refractivity contribution < 1.29 is 9.32 Å².